The van der Waals surface area contributed by atoms with Crippen LogP contribution in [0.5, 0.6) is 0 Å². The predicted octanol–water partition coefficient (Wildman–Crippen LogP) is 4.91. The van der Waals surface area contributed by atoms with Crippen molar-refractivity contribution in [2.45, 2.75) is 81.8 Å². The van der Waals surface area contributed by atoms with Gasteiger partial charge in [-0.25, -0.2) is 4.39 Å². The Kier molecular flexibility index (Phi) is 8.28. The van der Waals surface area contributed by atoms with Gasteiger partial charge in [0.15, 0.2) is 0 Å². The molecule has 0 radical (unpaired) electrons. The number of nitrogens with zero attached hydrogens (tertiary/aromatic N) is 3. The zero-order valence-corrected chi connectivity index (χ0v) is 27.3. The van der Waals surface area contributed by atoms with E-state index in [1.54, 1.807) is 17.2 Å². The number of hydrogen-bond donors (Lipinski definition) is 3. The normalized spacial score (nSPS) is 27.2. The number of pyridine rings is 1. The minimum atomic E-state index is -4.97. The van der Waals surface area contributed by atoms with E-state index in [1.165, 1.54) is 40.7 Å². The molecular weight excluding hydrogens is 630 g/mol. The zero-order chi connectivity index (χ0) is 32.3. The van der Waals surface area contributed by atoms with E-state index in [0.717, 1.165) is 32.1 Å². The average molecular weight is 669 g/mol. The number of benzene rings is 1. The Morgan fingerprint density at radius 3 is 2.59 bits per heavy atom. The van der Waals surface area contributed by atoms with Gasteiger partial charge in [-0.05, 0) is 103 Å². The van der Waals surface area contributed by atoms with E-state index in [0.29, 0.717) is 52.7 Å². The quantitative estimate of drug-likeness (QED) is 0.304. The Bertz CT molecular complexity index is 1740. The summed E-state index contributed by atoms with van der Waals surface area (Å²) in [6, 6.07) is 6.44. The van der Waals surface area contributed by atoms with Gasteiger partial charge in [-0.2, -0.15) is 0 Å². The van der Waals surface area contributed by atoms with E-state index in [-0.39, 0.29) is 29.3 Å². The van der Waals surface area contributed by atoms with Crippen LogP contribution in [0.25, 0.3) is 10.1 Å². The van der Waals surface area contributed by atoms with Crippen LogP contribution in [0.2, 0.25) is 0 Å². The van der Waals surface area contributed by atoms with Crippen molar-refractivity contribution in [1.29, 1.82) is 0 Å². The van der Waals surface area contributed by atoms with Crippen molar-refractivity contribution in [3.8, 4) is 0 Å². The number of amides is 3. The number of carbonyl (C=O) groups excluding carboxylic acids is 3. The Balaban J connectivity index is 1.08. The number of fused-ring (bicyclic) bond motifs is 3. The maximum Gasteiger partial charge on any atom is 0.363 e. The largest absolute Gasteiger partial charge is 0.363 e. The van der Waals surface area contributed by atoms with Gasteiger partial charge >= 0.3 is 7.60 Å². The number of aryl methyl sites for hydroxylation is 1. The molecule has 2 aromatic heterocycles. The lowest BCUT2D eigenvalue weighted by Crippen LogP contribution is -2.61. The molecule has 3 amide bonds. The number of halogens is 1. The molecule has 46 heavy (non-hydrogen) atoms. The van der Waals surface area contributed by atoms with E-state index in [1.807, 2.05) is 17.2 Å². The van der Waals surface area contributed by atoms with Crippen molar-refractivity contribution < 1.29 is 33.1 Å². The maximum absolute atomic E-state index is 14.3. The highest BCUT2D eigenvalue weighted by Crippen LogP contribution is 2.53. The highest BCUT2D eigenvalue weighted by molar-refractivity contribution is 7.51. The van der Waals surface area contributed by atoms with E-state index >= 15 is 0 Å². The lowest BCUT2D eigenvalue weighted by atomic mass is 9.67. The number of rotatable bonds is 7. The number of alkyl halides is 1. The van der Waals surface area contributed by atoms with Crippen molar-refractivity contribution in [3.05, 3.63) is 64.3 Å². The van der Waals surface area contributed by atoms with E-state index in [2.05, 4.69) is 17.2 Å². The average Bonchev–Trinajstić information content (AvgIpc) is 3.63. The van der Waals surface area contributed by atoms with Crippen LogP contribution in [0, 0.1) is 11.8 Å². The van der Waals surface area contributed by atoms with Crippen LogP contribution in [0.4, 0.5) is 4.39 Å². The third-order valence-electron chi connectivity index (χ3n) is 10.6. The number of nitrogens with one attached hydrogen (secondary N) is 1. The van der Waals surface area contributed by atoms with Crippen LogP contribution in [-0.4, -0.2) is 73.5 Å². The van der Waals surface area contributed by atoms with Crippen molar-refractivity contribution in [3.63, 3.8) is 0 Å². The van der Waals surface area contributed by atoms with E-state index in [9.17, 15) is 33.1 Å². The van der Waals surface area contributed by atoms with Gasteiger partial charge in [-0.15, -0.1) is 11.3 Å². The Morgan fingerprint density at radius 2 is 1.87 bits per heavy atom. The zero-order valence-electron chi connectivity index (χ0n) is 25.5. The van der Waals surface area contributed by atoms with Crippen molar-refractivity contribution in [2.24, 2.45) is 11.8 Å². The summed E-state index contributed by atoms with van der Waals surface area (Å²) >= 11 is 1.17. The van der Waals surface area contributed by atoms with Crippen molar-refractivity contribution in [2.75, 3.05) is 13.1 Å². The summed E-state index contributed by atoms with van der Waals surface area (Å²) in [4.78, 5) is 68.4. The first kappa shape index (κ1) is 31.4. The minimum absolute atomic E-state index is 0.0216. The van der Waals surface area contributed by atoms with Gasteiger partial charge in [0.05, 0.1) is 4.88 Å². The van der Waals surface area contributed by atoms with E-state index < -0.39 is 31.5 Å². The summed E-state index contributed by atoms with van der Waals surface area (Å²) in [5.41, 5.74) is 2.27. The second-order valence-corrected chi connectivity index (χ2v) is 16.0. The van der Waals surface area contributed by atoms with Crippen LogP contribution >= 0.6 is 18.9 Å². The van der Waals surface area contributed by atoms with Gasteiger partial charge in [-0.1, -0.05) is 13.0 Å². The molecule has 7 rings (SSSR count). The van der Waals surface area contributed by atoms with Gasteiger partial charge < -0.3 is 24.9 Å². The molecule has 3 aliphatic heterocycles. The molecule has 0 unspecified atom stereocenters. The van der Waals surface area contributed by atoms with Crippen molar-refractivity contribution >= 4 is 46.7 Å². The third-order valence-corrected chi connectivity index (χ3v) is 12.6. The highest BCUT2D eigenvalue weighted by Gasteiger charge is 2.50. The third kappa shape index (κ3) is 5.67. The molecule has 5 heterocycles. The number of thiophene rings is 1. The summed E-state index contributed by atoms with van der Waals surface area (Å²) in [6.07, 6.45) is 9.50. The van der Waals surface area contributed by atoms with Gasteiger partial charge in [0.2, 0.25) is 17.7 Å². The summed E-state index contributed by atoms with van der Waals surface area (Å²) in [7, 11) is -4.97. The van der Waals surface area contributed by atoms with Crippen LogP contribution in [0.1, 0.15) is 83.6 Å². The van der Waals surface area contributed by atoms with Crippen LogP contribution in [0.3, 0.4) is 0 Å². The Hall–Kier alpha value is -3.18. The van der Waals surface area contributed by atoms with Crippen LogP contribution in [-0.2, 0) is 20.6 Å². The first-order valence-corrected chi connectivity index (χ1v) is 18.6. The highest BCUT2D eigenvalue weighted by atomic mass is 32.1. The lowest BCUT2D eigenvalue weighted by Gasteiger charge is -2.47. The molecule has 3 aromatic rings. The molecular formula is C33H38FN4O6PS. The molecule has 0 bridgehead atoms. The number of likely N-dealkylation sites (tertiary alicyclic amines) is 1. The standard InChI is InChI=1S/C33H38FN4O6PS/c1-2-18-9-10-35-15-25(18)23-16-37(17-23)33(41)27-7-6-24-12-19-3-4-20(19)13-26(32(40)38(24)27)36-31(39)29-14-22-11-21(5-8-28(22)46-29)30(34)45(42,43)44/h5,8-11,14-15,19-20,23-24,26-27,30H,2-4,6-7,12-13,16-17H2,1H3,(H,36,39)(H2,42,43,44)/t19-,20+,24+,26-,27-,30+/m0/s1. The fourth-order valence-corrected chi connectivity index (χ4v) is 9.43. The summed E-state index contributed by atoms with van der Waals surface area (Å²) in [5.74, 6) is -2.07. The molecule has 4 fully saturated rings. The molecule has 244 valence electrons. The van der Waals surface area contributed by atoms with Gasteiger partial charge in [0.25, 0.3) is 5.91 Å². The fraction of sp³-hybridized carbons (Fsp3) is 0.515. The van der Waals surface area contributed by atoms with Crippen LogP contribution < -0.4 is 5.32 Å². The predicted molar refractivity (Wildman–Crippen MR) is 171 cm³/mol. The van der Waals surface area contributed by atoms with Gasteiger partial charge in [0.1, 0.15) is 12.1 Å². The molecule has 3 N–H and O–H groups in total. The SMILES string of the molecule is CCc1ccncc1C1CN(C(=O)[C@@H]2CC[C@@H]3C[C@@H]4CC[C@@H]4C[C@H](NC(=O)c4cc5cc([C@H](F)P(=O)(O)O)ccc5s4)C(=O)N32)C1. The molecule has 10 nitrogen and oxygen atoms in total. The summed E-state index contributed by atoms with van der Waals surface area (Å²) in [6.45, 7) is 3.33. The molecule has 3 saturated heterocycles. The Morgan fingerprint density at radius 1 is 1.11 bits per heavy atom. The smallest absolute Gasteiger partial charge is 0.340 e. The minimum Gasteiger partial charge on any atom is -0.340 e. The number of aromatic nitrogens is 1. The molecule has 4 aliphatic rings. The fourth-order valence-electron chi connectivity index (χ4n) is 7.94. The van der Waals surface area contributed by atoms with E-state index in [4.69, 9.17) is 0 Å². The summed E-state index contributed by atoms with van der Waals surface area (Å²) in [5, 5.41) is 3.47. The maximum atomic E-state index is 14.3. The summed E-state index contributed by atoms with van der Waals surface area (Å²) < 4.78 is 26.4. The molecule has 13 heteroatoms. The monoisotopic (exact) mass is 668 g/mol. The second-order valence-electron chi connectivity index (χ2n) is 13.3. The topological polar surface area (TPSA) is 140 Å². The first-order chi connectivity index (χ1) is 22.0. The molecule has 1 aromatic carbocycles. The second kappa shape index (κ2) is 12.1. The van der Waals surface area contributed by atoms with Gasteiger partial charge in [0, 0.05) is 42.1 Å². The number of carbonyl (C=O) groups is 3. The molecule has 1 saturated carbocycles. The molecule has 0 spiro atoms. The van der Waals surface area contributed by atoms with Gasteiger partial charge in [-0.3, -0.25) is 23.9 Å². The lowest BCUT2D eigenvalue weighted by molar-refractivity contribution is -0.151. The molecule has 1 aliphatic carbocycles. The van der Waals surface area contributed by atoms with Crippen molar-refractivity contribution in [1.82, 2.24) is 20.1 Å². The Labute approximate surface area is 270 Å². The number of hydrogen-bond acceptors (Lipinski definition) is 6. The first-order valence-electron chi connectivity index (χ1n) is 16.1. The molecule has 6 atom stereocenters. The van der Waals surface area contributed by atoms with Crippen LogP contribution in [0.15, 0.2) is 42.7 Å².